The smallest absolute Gasteiger partial charge is 0.252 e. The molecular weight excluding hydrogens is 786 g/mol. The Labute approximate surface area is 387 Å². The molecule has 2 aliphatic heterocycles. The Morgan fingerprint density at radius 1 is 0.415 bits per heavy atom. The number of benzene rings is 9. The summed E-state index contributed by atoms with van der Waals surface area (Å²) in [5, 5.41) is 0. The van der Waals surface area contributed by atoms with Crippen molar-refractivity contribution in [2.75, 3.05) is 14.7 Å². The summed E-state index contributed by atoms with van der Waals surface area (Å²) < 4.78 is 27.4. The van der Waals surface area contributed by atoms with Gasteiger partial charge in [0.25, 0.3) is 6.71 Å². The summed E-state index contributed by atoms with van der Waals surface area (Å²) in [5.41, 5.74) is 22.2. The first-order valence-electron chi connectivity index (χ1n) is 24.3. The number of aryl methyl sites for hydroxylation is 1. The van der Waals surface area contributed by atoms with E-state index in [0.717, 1.165) is 62.1 Å². The predicted molar refractivity (Wildman–Crippen MR) is 275 cm³/mol. The summed E-state index contributed by atoms with van der Waals surface area (Å²) in [5.74, 6) is 0. The molecule has 4 heteroatoms. The van der Waals surface area contributed by atoms with Gasteiger partial charge in [-0.05, 0) is 146 Å². The Hall–Kier alpha value is -7.56. The Kier molecular flexibility index (Phi) is 7.36. The average molecular weight is 837 g/mol. The van der Waals surface area contributed by atoms with E-state index in [0.29, 0.717) is 5.56 Å². The highest BCUT2D eigenvalue weighted by Gasteiger charge is 2.46. The van der Waals surface area contributed by atoms with Crippen molar-refractivity contribution in [3.8, 4) is 22.3 Å². The van der Waals surface area contributed by atoms with Crippen LogP contribution in [-0.2, 0) is 10.8 Å². The lowest BCUT2D eigenvalue weighted by molar-refractivity contribution is 0.660. The number of anilines is 9. The third-order valence-electron chi connectivity index (χ3n) is 14.9. The van der Waals surface area contributed by atoms with Crippen LogP contribution in [0.15, 0.2) is 200 Å². The Balaban J connectivity index is 1.12. The van der Waals surface area contributed by atoms with E-state index in [4.69, 9.17) is 4.11 Å². The Bertz CT molecular complexity index is 3500. The molecular formula is C61H48BN3. The molecule has 0 spiro atoms. The van der Waals surface area contributed by atoms with E-state index in [-0.39, 0.29) is 17.5 Å². The molecule has 9 aromatic carbocycles. The van der Waals surface area contributed by atoms with Crippen LogP contribution in [-0.4, -0.2) is 6.71 Å². The molecule has 0 fully saturated rings. The highest BCUT2D eigenvalue weighted by atomic mass is 15.2. The van der Waals surface area contributed by atoms with Crippen LogP contribution in [0.5, 0.6) is 0 Å². The Morgan fingerprint density at radius 2 is 0.985 bits per heavy atom. The second-order valence-electron chi connectivity index (χ2n) is 19.1. The zero-order valence-electron chi connectivity index (χ0n) is 40.0. The van der Waals surface area contributed by atoms with E-state index in [1.807, 2.05) is 12.1 Å². The fourth-order valence-electron chi connectivity index (χ4n) is 12.0. The molecule has 0 saturated heterocycles. The first kappa shape index (κ1) is 34.9. The molecule has 0 aromatic heterocycles. The maximum atomic E-state index is 9.13. The van der Waals surface area contributed by atoms with Gasteiger partial charge in [0.15, 0.2) is 0 Å². The van der Waals surface area contributed by atoms with Gasteiger partial charge in [-0.25, -0.2) is 0 Å². The summed E-state index contributed by atoms with van der Waals surface area (Å²) in [6.45, 7) is 6.70. The van der Waals surface area contributed by atoms with Crippen molar-refractivity contribution >= 4 is 74.3 Å². The fraction of sp³-hybridized carbons (Fsp3) is 0.115. The van der Waals surface area contributed by atoms with Crippen molar-refractivity contribution < 1.29 is 4.11 Å². The molecule has 0 saturated carbocycles. The van der Waals surface area contributed by atoms with Gasteiger partial charge in [-0.3, -0.25) is 0 Å². The minimum Gasteiger partial charge on any atom is -0.311 e. The molecule has 4 aliphatic rings. The second kappa shape index (κ2) is 13.7. The maximum Gasteiger partial charge on any atom is 0.252 e. The molecule has 0 unspecified atom stereocenters. The minimum atomic E-state index is -2.40. The van der Waals surface area contributed by atoms with Crippen molar-refractivity contribution in [3.63, 3.8) is 0 Å². The van der Waals surface area contributed by atoms with Crippen molar-refractivity contribution in [2.45, 2.75) is 45.4 Å². The number of para-hydroxylation sites is 3. The van der Waals surface area contributed by atoms with E-state index in [9.17, 15) is 0 Å². The summed E-state index contributed by atoms with van der Waals surface area (Å²) in [4.78, 5) is 7.07. The summed E-state index contributed by atoms with van der Waals surface area (Å²) >= 11 is 0. The van der Waals surface area contributed by atoms with Gasteiger partial charge in [0.1, 0.15) is 0 Å². The first-order chi connectivity index (χ1) is 32.9. The predicted octanol–water partition coefficient (Wildman–Crippen LogP) is 14.2. The van der Waals surface area contributed by atoms with Gasteiger partial charge in [0.05, 0.1) is 5.69 Å². The molecule has 3 nitrogen and oxygen atoms in total. The summed E-state index contributed by atoms with van der Waals surface area (Å²) in [6.07, 6.45) is 0. The molecule has 2 aliphatic carbocycles. The van der Waals surface area contributed by atoms with E-state index in [1.54, 1.807) is 0 Å². The zero-order chi connectivity index (χ0) is 46.3. The topological polar surface area (TPSA) is 9.72 Å². The number of nitrogens with zero attached hydrogens (tertiary/aromatic N) is 3. The van der Waals surface area contributed by atoms with Gasteiger partial charge in [-0.2, -0.15) is 0 Å². The minimum absolute atomic E-state index is 0.197. The third-order valence-corrected chi connectivity index (χ3v) is 14.9. The van der Waals surface area contributed by atoms with Gasteiger partial charge in [0.2, 0.25) is 0 Å². The first-order valence-corrected chi connectivity index (χ1v) is 22.8. The number of hydrogen-bond donors (Lipinski definition) is 0. The number of rotatable bonds is 5. The van der Waals surface area contributed by atoms with E-state index >= 15 is 0 Å². The van der Waals surface area contributed by atoms with Crippen molar-refractivity contribution in [1.82, 2.24) is 0 Å². The lowest BCUT2D eigenvalue weighted by Gasteiger charge is -2.45. The molecule has 0 radical (unpaired) electrons. The molecule has 0 atom stereocenters. The molecule has 2 heterocycles. The van der Waals surface area contributed by atoms with Gasteiger partial charge in [-0.1, -0.05) is 155 Å². The van der Waals surface area contributed by atoms with Crippen molar-refractivity contribution in [1.29, 1.82) is 0 Å². The molecule has 13 rings (SSSR count). The normalized spacial score (nSPS) is 15.9. The van der Waals surface area contributed by atoms with Crippen molar-refractivity contribution in [3.05, 3.63) is 228 Å². The zero-order valence-corrected chi connectivity index (χ0v) is 37.0. The van der Waals surface area contributed by atoms with Crippen LogP contribution in [0.2, 0.25) is 0 Å². The lowest BCUT2D eigenvalue weighted by atomic mass is 9.33. The average Bonchev–Trinajstić information content (AvgIpc) is 3.73. The molecule has 310 valence electrons. The quantitative estimate of drug-likeness (QED) is 0.160. The summed E-state index contributed by atoms with van der Waals surface area (Å²) in [6, 6.07) is 71.7. The maximum absolute atomic E-state index is 9.13. The second-order valence-corrected chi connectivity index (χ2v) is 19.1. The van der Waals surface area contributed by atoms with E-state index in [1.165, 1.54) is 50.0 Å². The van der Waals surface area contributed by atoms with Crippen LogP contribution in [0.1, 0.15) is 59.6 Å². The standard InChI is InChI=1S/C61H48BN3/c1-39-35-56-59-57(36-39)65(54-30-18-25-47-45-24-13-15-27-49(45)61(4,5)58(47)54)53-29-17-16-28-51(53)62(59)52-34-32-43(63(40-19-8-6-9-20-40)41-21-10-7-11-22-41)38-55(52)64(56)42-31-33-46-44-23-12-14-26-48(44)60(2,3)50(46)37-42/h6-38H,1-5H3/i1D3. The molecule has 0 bridgehead atoms. The van der Waals surface area contributed by atoms with Gasteiger partial charge in [-0.15, -0.1) is 0 Å². The van der Waals surface area contributed by atoms with Crippen LogP contribution in [0.3, 0.4) is 0 Å². The third kappa shape index (κ3) is 5.31. The van der Waals surface area contributed by atoms with Gasteiger partial charge >= 0.3 is 0 Å². The number of hydrogen-bond acceptors (Lipinski definition) is 3. The molecule has 65 heavy (non-hydrogen) atoms. The van der Waals surface area contributed by atoms with Gasteiger partial charge in [0, 0.05) is 60.4 Å². The molecule has 0 amide bonds. The number of fused-ring (bicyclic) bond motifs is 10. The lowest BCUT2D eigenvalue weighted by Crippen LogP contribution is -2.61. The SMILES string of the molecule is [2H]C([2H])([2H])c1cc2c3c(c1)N(c1cccc4c1C(C)(C)c1ccccc1-4)c1ccccc1B3c1ccc(N(c3ccccc3)c3ccccc3)cc1N2c1ccc2c(c1)C(C)(C)c1ccccc1-2. The summed E-state index contributed by atoms with van der Waals surface area (Å²) in [7, 11) is 0. The molecule has 0 N–H and O–H groups in total. The highest BCUT2D eigenvalue weighted by molar-refractivity contribution is 7.00. The van der Waals surface area contributed by atoms with Crippen LogP contribution >= 0.6 is 0 Å². The van der Waals surface area contributed by atoms with Crippen LogP contribution in [0.25, 0.3) is 22.3 Å². The van der Waals surface area contributed by atoms with Crippen LogP contribution in [0.4, 0.5) is 51.2 Å². The largest absolute Gasteiger partial charge is 0.311 e. The van der Waals surface area contributed by atoms with Gasteiger partial charge < -0.3 is 14.7 Å². The monoisotopic (exact) mass is 836 g/mol. The highest BCUT2D eigenvalue weighted by Crippen LogP contribution is 2.56. The van der Waals surface area contributed by atoms with Crippen molar-refractivity contribution in [2.24, 2.45) is 0 Å². The van der Waals surface area contributed by atoms with E-state index < -0.39 is 6.85 Å². The van der Waals surface area contributed by atoms with Crippen LogP contribution in [0, 0.1) is 6.85 Å². The molecule has 9 aromatic rings. The Morgan fingerprint density at radius 3 is 1.71 bits per heavy atom. The van der Waals surface area contributed by atoms with E-state index in [2.05, 4.69) is 230 Å². The fourth-order valence-corrected chi connectivity index (χ4v) is 12.0. The van der Waals surface area contributed by atoms with Crippen LogP contribution < -0.4 is 31.1 Å².